The topological polar surface area (TPSA) is 84.4 Å². The van der Waals surface area contributed by atoms with Gasteiger partial charge in [-0.3, -0.25) is 5.43 Å². The lowest BCUT2D eigenvalue weighted by atomic mass is 10.1. The third-order valence-electron chi connectivity index (χ3n) is 3.39. The lowest BCUT2D eigenvalue weighted by Crippen LogP contribution is -2.29. The van der Waals surface area contributed by atoms with E-state index in [1.165, 1.54) is 19.3 Å². The zero-order valence-electron chi connectivity index (χ0n) is 12.0. The molecule has 1 saturated heterocycles. The van der Waals surface area contributed by atoms with Crippen molar-refractivity contribution in [3.05, 3.63) is 18.2 Å². The van der Waals surface area contributed by atoms with Gasteiger partial charge in [-0.2, -0.15) is 15.6 Å². The van der Waals surface area contributed by atoms with Gasteiger partial charge in [-0.1, -0.05) is 0 Å². The Balaban J connectivity index is 2.18. The van der Waals surface area contributed by atoms with E-state index in [4.69, 9.17) is 15.3 Å². The molecule has 1 heterocycles. The second-order valence-electron chi connectivity index (χ2n) is 4.73. The average Bonchev–Trinajstić information content (AvgIpc) is 2.56. The normalized spacial score (nSPS) is 13.8. The highest BCUT2D eigenvalue weighted by atomic mass is 16.5. The number of nitriles is 2. The maximum absolute atomic E-state index is 8.64. The van der Waals surface area contributed by atoms with Gasteiger partial charge in [-0.05, 0) is 31.4 Å². The van der Waals surface area contributed by atoms with Crippen LogP contribution in [0.1, 0.15) is 19.3 Å². The highest BCUT2D eigenvalue weighted by molar-refractivity contribution is 6.10. The molecule has 1 aliphatic rings. The monoisotopic (exact) mass is 283 g/mol. The molecule has 108 valence electrons. The summed E-state index contributed by atoms with van der Waals surface area (Å²) in [7, 11) is 1.63. The van der Waals surface area contributed by atoms with Crippen molar-refractivity contribution in [3.63, 3.8) is 0 Å². The Labute approximate surface area is 124 Å². The number of anilines is 2. The minimum atomic E-state index is -0.214. The molecule has 1 fully saturated rings. The van der Waals surface area contributed by atoms with Crippen LogP contribution in [0.2, 0.25) is 0 Å². The van der Waals surface area contributed by atoms with Crippen LogP contribution in [0.5, 0.6) is 5.75 Å². The van der Waals surface area contributed by atoms with Crippen molar-refractivity contribution in [2.75, 3.05) is 30.5 Å². The largest absolute Gasteiger partial charge is 0.495 e. The van der Waals surface area contributed by atoms with Gasteiger partial charge >= 0.3 is 0 Å². The molecule has 1 N–H and O–H groups in total. The summed E-state index contributed by atoms with van der Waals surface area (Å²) in [6.07, 6.45) is 3.67. The Kier molecular flexibility index (Phi) is 5.00. The maximum Gasteiger partial charge on any atom is 0.237 e. The van der Waals surface area contributed by atoms with Crippen molar-refractivity contribution in [3.8, 4) is 17.9 Å². The molecule has 0 aromatic heterocycles. The van der Waals surface area contributed by atoms with Gasteiger partial charge in [0.1, 0.15) is 17.9 Å². The fraction of sp³-hybridized carbons (Fsp3) is 0.400. The summed E-state index contributed by atoms with van der Waals surface area (Å²) in [5.74, 6) is 0.757. The van der Waals surface area contributed by atoms with Crippen LogP contribution in [0.4, 0.5) is 11.4 Å². The number of piperidine rings is 1. The van der Waals surface area contributed by atoms with E-state index >= 15 is 0 Å². The molecular weight excluding hydrogens is 266 g/mol. The molecule has 0 unspecified atom stereocenters. The van der Waals surface area contributed by atoms with Gasteiger partial charge < -0.3 is 9.64 Å². The van der Waals surface area contributed by atoms with Crippen LogP contribution in [-0.2, 0) is 0 Å². The first kappa shape index (κ1) is 14.7. The smallest absolute Gasteiger partial charge is 0.237 e. The highest BCUT2D eigenvalue weighted by Crippen LogP contribution is 2.32. The quantitative estimate of drug-likeness (QED) is 0.678. The molecule has 0 radical (unpaired) electrons. The van der Waals surface area contributed by atoms with E-state index in [1.807, 2.05) is 18.2 Å². The summed E-state index contributed by atoms with van der Waals surface area (Å²) in [4.78, 5) is 2.31. The van der Waals surface area contributed by atoms with E-state index in [9.17, 15) is 0 Å². The molecule has 1 aromatic rings. The predicted octanol–water partition coefficient (Wildman–Crippen LogP) is 2.50. The molecule has 0 saturated carbocycles. The Morgan fingerprint density at radius 3 is 2.57 bits per heavy atom. The summed E-state index contributed by atoms with van der Waals surface area (Å²) in [5.41, 5.74) is 4.22. The van der Waals surface area contributed by atoms with Crippen LogP contribution in [0, 0.1) is 22.7 Å². The zero-order chi connectivity index (χ0) is 15.1. The van der Waals surface area contributed by atoms with Crippen LogP contribution >= 0.6 is 0 Å². The summed E-state index contributed by atoms with van der Waals surface area (Å²) >= 11 is 0. The number of hydrazone groups is 1. The van der Waals surface area contributed by atoms with Crippen molar-refractivity contribution in [2.45, 2.75) is 19.3 Å². The fourth-order valence-corrected chi connectivity index (χ4v) is 2.34. The van der Waals surface area contributed by atoms with E-state index in [-0.39, 0.29) is 5.71 Å². The Hall–Kier alpha value is -2.73. The van der Waals surface area contributed by atoms with Gasteiger partial charge in [0.15, 0.2) is 0 Å². The zero-order valence-corrected chi connectivity index (χ0v) is 12.0. The Morgan fingerprint density at radius 2 is 1.95 bits per heavy atom. The van der Waals surface area contributed by atoms with E-state index in [0.717, 1.165) is 24.5 Å². The van der Waals surface area contributed by atoms with E-state index in [0.29, 0.717) is 5.69 Å². The molecule has 1 aromatic carbocycles. The van der Waals surface area contributed by atoms with Crippen molar-refractivity contribution in [2.24, 2.45) is 5.10 Å². The van der Waals surface area contributed by atoms with E-state index < -0.39 is 0 Å². The summed E-state index contributed by atoms with van der Waals surface area (Å²) in [6.45, 7) is 2.07. The second-order valence-corrected chi connectivity index (χ2v) is 4.73. The standard InChI is InChI=1S/C15H17N5O/c1-21-15-9-12(18-19-13(10-16)11-17)5-6-14(15)20-7-3-2-4-8-20/h5-6,9,18H,2-4,7-8H2,1H3. The molecule has 0 aliphatic carbocycles. The van der Waals surface area contributed by atoms with E-state index in [2.05, 4.69) is 15.4 Å². The molecule has 0 amide bonds. The van der Waals surface area contributed by atoms with Gasteiger partial charge in [0.2, 0.25) is 5.71 Å². The van der Waals surface area contributed by atoms with Gasteiger partial charge in [-0.15, -0.1) is 0 Å². The number of benzene rings is 1. The molecule has 2 rings (SSSR count). The third kappa shape index (κ3) is 3.64. The van der Waals surface area contributed by atoms with Crippen molar-refractivity contribution < 1.29 is 4.74 Å². The third-order valence-corrected chi connectivity index (χ3v) is 3.39. The number of ether oxygens (including phenoxy) is 1. The number of rotatable bonds is 4. The van der Waals surface area contributed by atoms with Crippen LogP contribution in [-0.4, -0.2) is 25.9 Å². The fourth-order valence-electron chi connectivity index (χ4n) is 2.34. The Bertz CT molecular complexity index is 589. The van der Waals surface area contributed by atoms with Crippen molar-refractivity contribution in [1.82, 2.24) is 0 Å². The molecule has 21 heavy (non-hydrogen) atoms. The molecule has 1 aliphatic heterocycles. The lowest BCUT2D eigenvalue weighted by molar-refractivity contribution is 0.413. The number of hydrogen-bond acceptors (Lipinski definition) is 6. The molecule has 0 spiro atoms. The van der Waals surface area contributed by atoms with Gasteiger partial charge in [0.05, 0.1) is 18.5 Å². The van der Waals surface area contributed by atoms with Crippen LogP contribution in [0.25, 0.3) is 0 Å². The van der Waals surface area contributed by atoms with Crippen LogP contribution in [0.3, 0.4) is 0 Å². The number of nitrogens with one attached hydrogen (secondary N) is 1. The number of nitrogens with zero attached hydrogens (tertiary/aromatic N) is 4. The van der Waals surface area contributed by atoms with Crippen LogP contribution < -0.4 is 15.1 Å². The van der Waals surface area contributed by atoms with Crippen LogP contribution in [0.15, 0.2) is 23.3 Å². The SMILES string of the molecule is COc1cc(NN=C(C#N)C#N)ccc1N1CCCCC1. The molecular formula is C15H17N5O. The first-order valence-corrected chi connectivity index (χ1v) is 6.85. The molecule has 6 nitrogen and oxygen atoms in total. The van der Waals surface area contributed by atoms with Crippen molar-refractivity contribution >= 4 is 17.1 Å². The van der Waals surface area contributed by atoms with E-state index in [1.54, 1.807) is 19.2 Å². The summed E-state index contributed by atoms with van der Waals surface area (Å²) in [5, 5.41) is 21.0. The second kappa shape index (κ2) is 7.16. The molecule has 0 atom stereocenters. The summed E-state index contributed by atoms with van der Waals surface area (Å²) in [6, 6.07) is 9.06. The predicted molar refractivity (Wildman–Crippen MR) is 81.3 cm³/mol. The average molecular weight is 283 g/mol. The maximum atomic E-state index is 8.64. The molecule has 6 heteroatoms. The van der Waals surface area contributed by atoms with Gasteiger partial charge in [0, 0.05) is 19.2 Å². The summed E-state index contributed by atoms with van der Waals surface area (Å²) < 4.78 is 5.44. The minimum absolute atomic E-state index is 0.214. The molecule has 0 bridgehead atoms. The Morgan fingerprint density at radius 1 is 1.24 bits per heavy atom. The number of hydrogen-bond donors (Lipinski definition) is 1. The van der Waals surface area contributed by atoms with Gasteiger partial charge in [-0.25, -0.2) is 0 Å². The minimum Gasteiger partial charge on any atom is -0.495 e. The first-order valence-electron chi connectivity index (χ1n) is 6.85. The number of methoxy groups -OCH3 is 1. The lowest BCUT2D eigenvalue weighted by Gasteiger charge is -2.30. The first-order chi connectivity index (χ1) is 10.3. The van der Waals surface area contributed by atoms with Gasteiger partial charge in [0.25, 0.3) is 0 Å². The van der Waals surface area contributed by atoms with Crippen molar-refractivity contribution in [1.29, 1.82) is 10.5 Å². The highest BCUT2D eigenvalue weighted by Gasteiger charge is 2.15.